The molecule has 2 heterocycles. The fourth-order valence-electron chi connectivity index (χ4n) is 3.75. The molecular weight excluding hydrogens is 367 g/mol. The first kappa shape index (κ1) is 17.4. The lowest BCUT2D eigenvalue weighted by Crippen LogP contribution is -2.34. The minimum absolute atomic E-state index is 0.280. The maximum absolute atomic E-state index is 10.6. The van der Waals surface area contributed by atoms with E-state index >= 15 is 0 Å². The summed E-state index contributed by atoms with van der Waals surface area (Å²) in [5, 5.41) is 13.0. The predicted octanol–water partition coefficient (Wildman–Crippen LogP) is 5.71. The summed E-state index contributed by atoms with van der Waals surface area (Å²) < 4.78 is 0. The topological polar surface area (TPSA) is 36.4 Å². The minimum Gasteiger partial charge on any atom is -0.504 e. The molecule has 0 unspecified atom stereocenters. The van der Waals surface area contributed by atoms with Gasteiger partial charge in [-0.05, 0) is 55.0 Å². The van der Waals surface area contributed by atoms with Crippen LogP contribution in [-0.2, 0) is 6.42 Å². The third-order valence-electron chi connectivity index (χ3n) is 5.21. The van der Waals surface area contributed by atoms with Crippen molar-refractivity contribution in [2.45, 2.75) is 19.3 Å². The van der Waals surface area contributed by atoms with Crippen LogP contribution in [0.4, 0.5) is 5.69 Å². The summed E-state index contributed by atoms with van der Waals surface area (Å²) in [5.41, 5.74) is 2.70. The molecule has 1 aliphatic heterocycles. The Morgan fingerprint density at radius 1 is 1.08 bits per heavy atom. The van der Waals surface area contributed by atoms with E-state index in [-0.39, 0.29) is 5.75 Å². The Kier molecular flexibility index (Phi) is 4.92. The van der Waals surface area contributed by atoms with Gasteiger partial charge in [0, 0.05) is 34.7 Å². The number of halogens is 2. The normalized spacial score (nSPS) is 15.5. The van der Waals surface area contributed by atoms with Crippen LogP contribution in [0.1, 0.15) is 18.4 Å². The van der Waals surface area contributed by atoms with E-state index in [1.165, 1.54) is 0 Å². The maximum Gasteiger partial charge on any atom is 0.165 e. The zero-order valence-electron chi connectivity index (χ0n) is 14.3. The van der Waals surface area contributed by atoms with Crippen molar-refractivity contribution in [1.82, 2.24) is 4.98 Å². The first-order valence-electron chi connectivity index (χ1n) is 8.87. The molecule has 0 radical (unpaired) electrons. The van der Waals surface area contributed by atoms with Gasteiger partial charge in [-0.2, -0.15) is 0 Å². The maximum atomic E-state index is 10.6. The number of benzene rings is 2. The van der Waals surface area contributed by atoms with E-state index in [9.17, 15) is 5.11 Å². The number of aromatic hydroxyl groups is 1. The quantitative estimate of drug-likeness (QED) is 0.626. The highest BCUT2D eigenvalue weighted by atomic mass is 35.5. The number of piperidine rings is 1. The summed E-state index contributed by atoms with van der Waals surface area (Å²) in [5.74, 6) is 0.868. The van der Waals surface area contributed by atoms with Crippen molar-refractivity contribution in [2.24, 2.45) is 5.92 Å². The van der Waals surface area contributed by atoms with E-state index in [1.54, 1.807) is 6.20 Å². The van der Waals surface area contributed by atoms with E-state index in [4.69, 9.17) is 23.2 Å². The van der Waals surface area contributed by atoms with Gasteiger partial charge in [0.05, 0.1) is 5.69 Å². The second kappa shape index (κ2) is 7.34. The van der Waals surface area contributed by atoms with Gasteiger partial charge >= 0.3 is 0 Å². The van der Waals surface area contributed by atoms with Crippen LogP contribution in [0.15, 0.2) is 48.7 Å². The second-order valence-electron chi connectivity index (χ2n) is 6.88. The first-order valence-corrected chi connectivity index (χ1v) is 9.63. The summed E-state index contributed by atoms with van der Waals surface area (Å²) in [6.45, 7) is 1.84. The molecule has 1 aromatic heterocycles. The molecule has 1 saturated heterocycles. The highest BCUT2D eigenvalue weighted by molar-refractivity contribution is 6.35. The lowest BCUT2D eigenvalue weighted by molar-refractivity contribution is 0.399. The molecule has 4 rings (SSSR count). The molecule has 0 amide bonds. The highest BCUT2D eigenvalue weighted by Gasteiger charge is 2.23. The molecule has 2 aromatic carbocycles. The summed E-state index contributed by atoms with van der Waals surface area (Å²) in [6.07, 6.45) is 4.82. The van der Waals surface area contributed by atoms with E-state index in [0.717, 1.165) is 54.0 Å². The number of phenolic OH excluding ortho intramolecular Hbond substituents is 1. The molecule has 134 valence electrons. The minimum atomic E-state index is 0.280. The fraction of sp³-hybridized carbons (Fsp3) is 0.286. The molecule has 0 atom stereocenters. The molecular formula is C21H20Cl2N2O. The lowest BCUT2D eigenvalue weighted by Gasteiger charge is -2.34. The third-order valence-corrected chi connectivity index (χ3v) is 5.79. The number of anilines is 1. The van der Waals surface area contributed by atoms with Crippen molar-refractivity contribution >= 4 is 39.8 Å². The Bertz CT molecular complexity index is 936. The molecule has 3 nitrogen and oxygen atoms in total. The van der Waals surface area contributed by atoms with Crippen LogP contribution in [0, 0.1) is 5.92 Å². The number of phenols is 1. The zero-order valence-corrected chi connectivity index (χ0v) is 15.8. The fourth-order valence-corrected chi connectivity index (χ4v) is 4.24. The van der Waals surface area contributed by atoms with Crippen LogP contribution >= 0.6 is 23.2 Å². The summed E-state index contributed by atoms with van der Waals surface area (Å²) in [6, 6.07) is 13.6. The molecule has 26 heavy (non-hydrogen) atoms. The van der Waals surface area contributed by atoms with Crippen molar-refractivity contribution in [3.63, 3.8) is 0 Å². The molecule has 0 bridgehead atoms. The van der Waals surface area contributed by atoms with Gasteiger partial charge in [-0.3, -0.25) is 4.98 Å². The van der Waals surface area contributed by atoms with Crippen molar-refractivity contribution in [3.8, 4) is 5.75 Å². The van der Waals surface area contributed by atoms with Gasteiger partial charge in [0.15, 0.2) is 5.75 Å². The number of nitrogens with zero attached hydrogens (tertiary/aromatic N) is 2. The summed E-state index contributed by atoms with van der Waals surface area (Å²) >= 11 is 12.3. The molecule has 3 aromatic rings. The Morgan fingerprint density at radius 2 is 1.88 bits per heavy atom. The standard InChI is InChI=1S/C21H20Cl2N2O/c22-17-5-3-16(18(23)13-17)12-14-7-10-25(11-8-14)19-6-4-15-2-1-9-24-20(15)21(19)26/h1-6,9,13-14,26H,7-8,10-12H2. The Balaban J connectivity index is 1.46. The van der Waals surface area contributed by atoms with Crippen LogP contribution in [-0.4, -0.2) is 23.2 Å². The molecule has 1 fully saturated rings. The van der Waals surface area contributed by atoms with Crippen LogP contribution in [0.3, 0.4) is 0 Å². The number of hydrogen-bond donors (Lipinski definition) is 1. The average molecular weight is 387 g/mol. The van der Waals surface area contributed by atoms with Crippen molar-refractivity contribution < 1.29 is 5.11 Å². The van der Waals surface area contributed by atoms with Gasteiger partial charge in [0.25, 0.3) is 0 Å². The number of aromatic nitrogens is 1. The Labute approximate surface area is 163 Å². The Morgan fingerprint density at radius 3 is 2.65 bits per heavy atom. The van der Waals surface area contributed by atoms with Crippen molar-refractivity contribution in [1.29, 1.82) is 0 Å². The third kappa shape index (κ3) is 3.46. The Hall–Kier alpha value is -1.97. The SMILES string of the molecule is Oc1c(N2CCC(Cc3ccc(Cl)cc3Cl)CC2)ccc2cccnc12. The van der Waals surface area contributed by atoms with Gasteiger partial charge < -0.3 is 10.0 Å². The average Bonchev–Trinajstić information content (AvgIpc) is 2.65. The first-order chi connectivity index (χ1) is 12.6. The van der Waals surface area contributed by atoms with Gasteiger partial charge in [0.1, 0.15) is 5.52 Å². The smallest absolute Gasteiger partial charge is 0.165 e. The largest absolute Gasteiger partial charge is 0.504 e. The van der Waals surface area contributed by atoms with E-state index in [1.807, 2.05) is 42.5 Å². The second-order valence-corrected chi connectivity index (χ2v) is 7.72. The van der Waals surface area contributed by atoms with Crippen molar-refractivity contribution in [2.75, 3.05) is 18.0 Å². The van der Waals surface area contributed by atoms with Crippen LogP contribution in [0.5, 0.6) is 5.75 Å². The molecule has 5 heteroatoms. The molecule has 1 aliphatic rings. The molecule has 0 spiro atoms. The van der Waals surface area contributed by atoms with E-state index in [2.05, 4.69) is 9.88 Å². The van der Waals surface area contributed by atoms with Gasteiger partial charge in [-0.1, -0.05) is 41.4 Å². The van der Waals surface area contributed by atoms with Crippen LogP contribution < -0.4 is 4.90 Å². The van der Waals surface area contributed by atoms with Gasteiger partial charge in [0.2, 0.25) is 0 Å². The monoisotopic (exact) mass is 386 g/mol. The number of pyridine rings is 1. The van der Waals surface area contributed by atoms with E-state index in [0.29, 0.717) is 16.5 Å². The van der Waals surface area contributed by atoms with Crippen molar-refractivity contribution in [3.05, 3.63) is 64.3 Å². The van der Waals surface area contributed by atoms with Crippen LogP contribution in [0.2, 0.25) is 10.0 Å². The number of rotatable bonds is 3. The van der Waals surface area contributed by atoms with Gasteiger partial charge in [-0.25, -0.2) is 0 Å². The highest BCUT2D eigenvalue weighted by Crippen LogP contribution is 2.36. The summed E-state index contributed by atoms with van der Waals surface area (Å²) in [4.78, 5) is 6.58. The van der Waals surface area contributed by atoms with Gasteiger partial charge in [-0.15, -0.1) is 0 Å². The lowest BCUT2D eigenvalue weighted by atomic mass is 9.90. The zero-order chi connectivity index (χ0) is 18.1. The summed E-state index contributed by atoms with van der Waals surface area (Å²) in [7, 11) is 0. The van der Waals surface area contributed by atoms with Crippen LogP contribution in [0.25, 0.3) is 10.9 Å². The number of hydrogen-bond acceptors (Lipinski definition) is 3. The molecule has 0 aliphatic carbocycles. The number of fused-ring (bicyclic) bond motifs is 1. The molecule has 1 N–H and O–H groups in total. The molecule has 0 saturated carbocycles. The van der Waals surface area contributed by atoms with E-state index < -0.39 is 0 Å². The predicted molar refractivity (Wildman–Crippen MR) is 109 cm³/mol.